The smallest absolute Gasteiger partial charge is 0.225 e. The van der Waals surface area contributed by atoms with Crippen LogP contribution in [0.1, 0.15) is 45.4 Å². The minimum atomic E-state index is 0.681. The van der Waals surface area contributed by atoms with Gasteiger partial charge in [-0.2, -0.15) is 0 Å². The van der Waals surface area contributed by atoms with E-state index in [-0.39, 0.29) is 0 Å². The molecule has 1 aromatic heterocycles. The van der Waals surface area contributed by atoms with Crippen LogP contribution >= 0.6 is 0 Å². The minimum Gasteiger partial charge on any atom is -0.341 e. The summed E-state index contributed by atoms with van der Waals surface area (Å²) in [6, 6.07) is 3.30. The summed E-state index contributed by atoms with van der Waals surface area (Å²) >= 11 is 0. The van der Waals surface area contributed by atoms with Crippen molar-refractivity contribution in [3.05, 3.63) is 18.5 Å². The molecule has 2 atom stereocenters. The van der Waals surface area contributed by atoms with E-state index in [1.54, 1.807) is 0 Å². The fourth-order valence-electron chi connectivity index (χ4n) is 3.57. The molecule has 110 valence electrons. The number of hydrogen-bond donors (Lipinski definition) is 1. The molecule has 0 radical (unpaired) electrons. The largest absolute Gasteiger partial charge is 0.341 e. The van der Waals surface area contributed by atoms with Crippen LogP contribution in [-0.2, 0) is 0 Å². The average Bonchev–Trinajstić information content (AvgIpc) is 2.51. The molecule has 0 bridgehead atoms. The highest BCUT2D eigenvalue weighted by molar-refractivity contribution is 5.29. The maximum atomic E-state index is 4.35. The summed E-state index contributed by atoms with van der Waals surface area (Å²) in [5, 5.41) is 3.91. The molecule has 1 N–H and O–H groups in total. The molecule has 3 rings (SSSR count). The van der Waals surface area contributed by atoms with Gasteiger partial charge in [0.05, 0.1) is 0 Å². The van der Waals surface area contributed by atoms with Gasteiger partial charge >= 0.3 is 0 Å². The third-order valence-electron chi connectivity index (χ3n) is 4.89. The molecule has 2 unspecified atom stereocenters. The second-order valence-electron chi connectivity index (χ2n) is 6.35. The van der Waals surface area contributed by atoms with E-state index < -0.39 is 0 Å². The Morgan fingerprint density at radius 3 is 2.45 bits per heavy atom. The van der Waals surface area contributed by atoms with E-state index in [2.05, 4.69) is 27.1 Å². The molecule has 2 fully saturated rings. The molecule has 1 saturated heterocycles. The van der Waals surface area contributed by atoms with Crippen LogP contribution in [0.2, 0.25) is 0 Å². The second-order valence-corrected chi connectivity index (χ2v) is 6.35. The van der Waals surface area contributed by atoms with Gasteiger partial charge in [-0.15, -0.1) is 0 Å². The molecule has 2 heterocycles. The lowest BCUT2D eigenvalue weighted by Crippen LogP contribution is -2.49. The lowest BCUT2D eigenvalue weighted by molar-refractivity contribution is 0.243. The molecule has 4 nitrogen and oxygen atoms in total. The van der Waals surface area contributed by atoms with Crippen molar-refractivity contribution in [3.63, 3.8) is 0 Å². The molecule has 0 aromatic carbocycles. The Balaban J connectivity index is 1.49. The Hall–Kier alpha value is -1.16. The Morgan fingerprint density at radius 1 is 1.05 bits per heavy atom. The number of anilines is 1. The van der Waals surface area contributed by atoms with Crippen molar-refractivity contribution in [1.82, 2.24) is 15.3 Å². The third-order valence-corrected chi connectivity index (χ3v) is 4.89. The van der Waals surface area contributed by atoms with Crippen LogP contribution in [0.5, 0.6) is 0 Å². The molecule has 20 heavy (non-hydrogen) atoms. The Kier molecular flexibility index (Phi) is 4.51. The van der Waals surface area contributed by atoms with Crippen LogP contribution in [0.4, 0.5) is 5.95 Å². The van der Waals surface area contributed by atoms with E-state index in [4.69, 9.17) is 0 Å². The van der Waals surface area contributed by atoms with Crippen molar-refractivity contribution >= 4 is 5.95 Å². The number of nitrogens with zero attached hydrogens (tertiary/aromatic N) is 3. The van der Waals surface area contributed by atoms with Gasteiger partial charge < -0.3 is 10.2 Å². The predicted molar refractivity (Wildman–Crippen MR) is 81.8 cm³/mol. The van der Waals surface area contributed by atoms with E-state index in [1.165, 1.54) is 38.5 Å². The van der Waals surface area contributed by atoms with Crippen molar-refractivity contribution in [2.24, 2.45) is 5.92 Å². The summed E-state index contributed by atoms with van der Waals surface area (Å²) in [5.74, 6) is 1.73. The van der Waals surface area contributed by atoms with Gasteiger partial charge in [0.15, 0.2) is 0 Å². The van der Waals surface area contributed by atoms with Gasteiger partial charge in [-0.25, -0.2) is 9.97 Å². The van der Waals surface area contributed by atoms with Gasteiger partial charge in [0.25, 0.3) is 0 Å². The van der Waals surface area contributed by atoms with E-state index >= 15 is 0 Å². The molecule has 2 aliphatic rings. The molecular weight excluding hydrogens is 248 g/mol. The molecule has 1 saturated carbocycles. The first-order chi connectivity index (χ1) is 9.83. The highest BCUT2D eigenvalue weighted by Gasteiger charge is 2.26. The van der Waals surface area contributed by atoms with Crippen molar-refractivity contribution in [2.75, 3.05) is 18.0 Å². The maximum Gasteiger partial charge on any atom is 0.225 e. The van der Waals surface area contributed by atoms with E-state index in [1.807, 2.05) is 18.5 Å². The van der Waals surface area contributed by atoms with Crippen LogP contribution in [0.3, 0.4) is 0 Å². The quantitative estimate of drug-likeness (QED) is 0.920. The molecule has 0 amide bonds. The summed E-state index contributed by atoms with van der Waals surface area (Å²) in [5.41, 5.74) is 0. The lowest BCUT2D eigenvalue weighted by atomic mass is 9.85. The van der Waals surface area contributed by atoms with E-state index in [9.17, 15) is 0 Å². The standard InChI is InChI=1S/C16H26N4/c1-13-5-2-3-6-15(13)19-14-7-11-20(12-8-14)16-17-9-4-10-18-16/h4,9-10,13-15,19H,2-3,5-8,11-12H2,1H3. The van der Waals surface area contributed by atoms with Gasteiger partial charge in [-0.05, 0) is 37.7 Å². The molecule has 1 aliphatic heterocycles. The number of piperidine rings is 1. The molecule has 1 aromatic rings. The third kappa shape index (κ3) is 3.29. The van der Waals surface area contributed by atoms with Gasteiger partial charge in [0.2, 0.25) is 5.95 Å². The SMILES string of the molecule is CC1CCCCC1NC1CCN(c2ncccn2)CC1. The summed E-state index contributed by atoms with van der Waals surface area (Å²) in [7, 11) is 0. The molecular formula is C16H26N4. The Morgan fingerprint density at radius 2 is 1.75 bits per heavy atom. The number of hydrogen-bond acceptors (Lipinski definition) is 4. The number of aromatic nitrogens is 2. The summed E-state index contributed by atoms with van der Waals surface area (Å²) in [4.78, 5) is 11.0. The average molecular weight is 274 g/mol. The van der Waals surface area contributed by atoms with Gasteiger partial charge in [0, 0.05) is 37.6 Å². The van der Waals surface area contributed by atoms with Crippen LogP contribution in [0.15, 0.2) is 18.5 Å². The van der Waals surface area contributed by atoms with Crippen molar-refractivity contribution < 1.29 is 0 Å². The predicted octanol–water partition coefficient (Wildman–Crippen LogP) is 2.61. The first-order valence-electron chi connectivity index (χ1n) is 8.11. The highest BCUT2D eigenvalue weighted by atomic mass is 15.3. The zero-order chi connectivity index (χ0) is 13.8. The highest BCUT2D eigenvalue weighted by Crippen LogP contribution is 2.25. The minimum absolute atomic E-state index is 0.681. The number of rotatable bonds is 3. The van der Waals surface area contributed by atoms with Crippen LogP contribution in [-0.4, -0.2) is 35.1 Å². The summed E-state index contributed by atoms with van der Waals surface area (Å²) in [6.45, 7) is 4.55. The summed E-state index contributed by atoms with van der Waals surface area (Å²) in [6.07, 6.45) is 11.7. The summed E-state index contributed by atoms with van der Waals surface area (Å²) < 4.78 is 0. The lowest BCUT2D eigenvalue weighted by Gasteiger charge is -2.37. The van der Waals surface area contributed by atoms with Gasteiger partial charge in [-0.1, -0.05) is 19.8 Å². The Bertz CT molecular complexity index is 400. The monoisotopic (exact) mass is 274 g/mol. The van der Waals surface area contributed by atoms with E-state index in [0.717, 1.165) is 31.0 Å². The fraction of sp³-hybridized carbons (Fsp3) is 0.750. The molecule has 0 spiro atoms. The normalized spacial score (nSPS) is 28.6. The van der Waals surface area contributed by atoms with Crippen molar-refractivity contribution in [2.45, 2.75) is 57.5 Å². The Labute approximate surface area is 122 Å². The zero-order valence-electron chi connectivity index (χ0n) is 12.5. The van der Waals surface area contributed by atoms with Crippen molar-refractivity contribution in [1.29, 1.82) is 0 Å². The topological polar surface area (TPSA) is 41.0 Å². The van der Waals surface area contributed by atoms with Crippen LogP contribution < -0.4 is 10.2 Å². The first kappa shape index (κ1) is 13.8. The van der Waals surface area contributed by atoms with Crippen molar-refractivity contribution in [3.8, 4) is 0 Å². The maximum absolute atomic E-state index is 4.35. The second kappa shape index (κ2) is 6.53. The van der Waals surface area contributed by atoms with Crippen LogP contribution in [0, 0.1) is 5.92 Å². The molecule has 1 aliphatic carbocycles. The fourth-order valence-corrected chi connectivity index (χ4v) is 3.57. The van der Waals surface area contributed by atoms with Gasteiger partial charge in [0.1, 0.15) is 0 Å². The first-order valence-corrected chi connectivity index (χ1v) is 8.11. The zero-order valence-corrected chi connectivity index (χ0v) is 12.5. The molecule has 4 heteroatoms. The van der Waals surface area contributed by atoms with Crippen LogP contribution in [0.25, 0.3) is 0 Å². The van der Waals surface area contributed by atoms with E-state index in [0.29, 0.717) is 6.04 Å². The number of nitrogens with one attached hydrogen (secondary N) is 1. The van der Waals surface area contributed by atoms with Gasteiger partial charge in [-0.3, -0.25) is 0 Å².